The van der Waals surface area contributed by atoms with Crippen LogP contribution < -0.4 is 5.32 Å². The number of hydrogen-bond donors (Lipinski definition) is 2. The fourth-order valence-corrected chi connectivity index (χ4v) is 2.24. The van der Waals surface area contributed by atoms with Crippen LogP contribution >= 0.6 is 0 Å². The van der Waals surface area contributed by atoms with E-state index in [9.17, 15) is 14.3 Å². The van der Waals surface area contributed by atoms with Gasteiger partial charge in [-0.25, -0.2) is 4.39 Å². The Kier molecular flexibility index (Phi) is 3.81. The van der Waals surface area contributed by atoms with E-state index in [0.717, 1.165) is 38.1 Å². The minimum absolute atomic E-state index is 0.0109. The molecule has 1 aliphatic rings. The lowest BCUT2D eigenvalue weighted by molar-refractivity contribution is 0.0909. The number of hydrogen-bond acceptors (Lipinski definition) is 3. The van der Waals surface area contributed by atoms with Crippen LogP contribution in [-0.2, 0) is 0 Å². The number of likely N-dealkylation sites (N-methyl/N-ethyl adjacent to an activating group) is 1. The number of carbonyl (C=O) groups is 1. The molecule has 0 radical (unpaired) electrons. The van der Waals surface area contributed by atoms with Gasteiger partial charge in [-0.2, -0.15) is 0 Å². The average Bonchev–Trinajstić information content (AvgIpc) is 2.32. The van der Waals surface area contributed by atoms with Gasteiger partial charge >= 0.3 is 0 Å². The van der Waals surface area contributed by atoms with E-state index in [1.54, 1.807) is 0 Å². The zero-order valence-electron chi connectivity index (χ0n) is 10.3. The van der Waals surface area contributed by atoms with Crippen molar-refractivity contribution in [3.05, 3.63) is 29.6 Å². The summed E-state index contributed by atoms with van der Waals surface area (Å²) in [6.07, 6.45) is 1.93. The number of nitrogens with one attached hydrogen (secondary N) is 1. The van der Waals surface area contributed by atoms with Crippen LogP contribution in [0.1, 0.15) is 23.2 Å². The highest BCUT2D eigenvalue weighted by molar-refractivity contribution is 5.97. The van der Waals surface area contributed by atoms with E-state index in [1.165, 1.54) is 6.07 Å². The third-order valence-electron chi connectivity index (χ3n) is 3.16. The number of halogens is 1. The lowest BCUT2D eigenvalue weighted by Crippen LogP contribution is -2.46. The molecule has 1 saturated heterocycles. The highest BCUT2D eigenvalue weighted by Crippen LogP contribution is 2.18. The van der Waals surface area contributed by atoms with Crippen LogP contribution in [0.5, 0.6) is 5.75 Å². The van der Waals surface area contributed by atoms with Gasteiger partial charge in [-0.3, -0.25) is 4.79 Å². The Labute approximate surface area is 105 Å². The Morgan fingerprint density at radius 2 is 2.33 bits per heavy atom. The van der Waals surface area contributed by atoms with Crippen molar-refractivity contribution in [1.29, 1.82) is 0 Å². The van der Waals surface area contributed by atoms with E-state index in [4.69, 9.17) is 0 Å². The molecule has 4 nitrogen and oxygen atoms in total. The Morgan fingerprint density at radius 3 is 3.06 bits per heavy atom. The van der Waals surface area contributed by atoms with Crippen LogP contribution in [0.25, 0.3) is 0 Å². The zero-order valence-corrected chi connectivity index (χ0v) is 10.3. The molecule has 1 amide bonds. The lowest BCUT2D eigenvalue weighted by atomic mass is 10.1. The first-order valence-electron chi connectivity index (χ1n) is 6.04. The topological polar surface area (TPSA) is 52.6 Å². The second kappa shape index (κ2) is 5.35. The number of amides is 1. The highest BCUT2D eigenvalue weighted by atomic mass is 19.1. The summed E-state index contributed by atoms with van der Waals surface area (Å²) in [6, 6.07) is 3.42. The van der Waals surface area contributed by atoms with Crippen LogP contribution in [0, 0.1) is 5.82 Å². The summed E-state index contributed by atoms with van der Waals surface area (Å²) in [6.45, 7) is 1.80. The Bertz CT molecular complexity index is 451. The van der Waals surface area contributed by atoms with Crippen LogP contribution in [0.15, 0.2) is 18.2 Å². The van der Waals surface area contributed by atoms with E-state index in [1.807, 2.05) is 7.05 Å². The SMILES string of the molecule is CN1CCCC(NC(=O)c2cc(F)ccc2O)C1. The highest BCUT2D eigenvalue weighted by Gasteiger charge is 2.21. The number of aromatic hydroxyl groups is 1. The van der Waals surface area contributed by atoms with E-state index >= 15 is 0 Å². The van der Waals surface area contributed by atoms with Crippen molar-refractivity contribution in [2.45, 2.75) is 18.9 Å². The molecule has 5 heteroatoms. The first-order valence-corrected chi connectivity index (χ1v) is 6.04. The van der Waals surface area contributed by atoms with Gasteiger partial charge in [0.05, 0.1) is 5.56 Å². The van der Waals surface area contributed by atoms with Gasteiger partial charge in [0.1, 0.15) is 11.6 Å². The molecular weight excluding hydrogens is 235 g/mol. The number of benzene rings is 1. The quantitative estimate of drug-likeness (QED) is 0.835. The van der Waals surface area contributed by atoms with Crippen LogP contribution in [0.4, 0.5) is 4.39 Å². The van der Waals surface area contributed by atoms with Gasteiger partial charge < -0.3 is 15.3 Å². The molecule has 0 aromatic heterocycles. The number of piperidine rings is 1. The fourth-order valence-electron chi connectivity index (χ4n) is 2.24. The van der Waals surface area contributed by atoms with Gasteiger partial charge in [0.25, 0.3) is 5.91 Å². The van der Waals surface area contributed by atoms with Crippen LogP contribution in [0.2, 0.25) is 0 Å². The monoisotopic (exact) mass is 252 g/mol. The van der Waals surface area contributed by atoms with Gasteiger partial charge in [-0.05, 0) is 44.6 Å². The van der Waals surface area contributed by atoms with Crippen molar-refractivity contribution in [1.82, 2.24) is 10.2 Å². The largest absolute Gasteiger partial charge is 0.507 e. The maximum atomic E-state index is 13.0. The number of rotatable bonds is 2. The predicted molar refractivity (Wildman–Crippen MR) is 66.1 cm³/mol. The maximum Gasteiger partial charge on any atom is 0.255 e. The Balaban J connectivity index is 2.05. The molecule has 0 saturated carbocycles. The van der Waals surface area contributed by atoms with Crippen molar-refractivity contribution in [3.8, 4) is 5.75 Å². The number of likely N-dealkylation sites (tertiary alicyclic amines) is 1. The number of nitrogens with zero attached hydrogens (tertiary/aromatic N) is 1. The van der Waals surface area contributed by atoms with E-state index in [-0.39, 0.29) is 17.4 Å². The summed E-state index contributed by atoms with van der Waals surface area (Å²) in [5.74, 6) is -1.15. The molecule has 1 atom stereocenters. The van der Waals surface area contributed by atoms with Crippen molar-refractivity contribution in [2.75, 3.05) is 20.1 Å². The van der Waals surface area contributed by atoms with E-state index < -0.39 is 11.7 Å². The van der Waals surface area contributed by atoms with Gasteiger partial charge in [0.15, 0.2) is 0 Å². The van der Waals surface area contributed by atoms with Crippen LogP contribution in [-0.4, -0.2) is 42.1 Å². The molecule has 1 aromatic carbocycles. The number of phenols is 1. The molecule has 2 rings (SSSR count). The number of carbonyl (C=O) groups excluding carboxylic acids is 1. The van der Waals surface area contributed by atoms with E-state index in [2.05, 4.69) is 10.2 Å². The normalized spacial score (nSPS) is 20.7. The van der Waals surface area contributed by atoms with Gasteiger partial charge in [0.2, 0.25) is 0 Å². The van der Waals surface area contributed by atoms with Crippen molar-refractivity contribution < 1.29 is 14.3 Å². The summed E-state index contributed by atoms with van der Waals surface area (Å²) in [4.78, 5) is 14.1. The smallest absolute Gasteiger partial charge is 0.255 e. The molecule has 0 aliphatic carbocycles. The van der Waals surface area contributed by atoms with Crippen molar-refractivity contribution in [2.24, 2.45) is 0 Å². The molecule has 98 valence electrons. The minimum atomic E-state index is -0.529. The third-order valence-corrected chi connectivity index (χ3v) is 3.16. The fraction of sp³-hybridized carbons (Fsp3) is 0.462. The second-order valence-electron chi connectivity index (χ2n) is 4.74. The molecule has 1 aliphatic heterocycles. The van der Waals surface area contributed by atoms with Gasteiger partial charge in [-0.15, -0.1) is 0 Å². The second-order valence-corrected chi connectivity index (χ2v) is 4.74. The summed E-state index contributed by atoms with van der Waals surface area (Å²) in [7, 11) is 2.00. The molecule has 1 heterocycles. The maximum absolute atomic E-state index is 13.0. The van der Waals surface area contributed by atoms with Crippen molar-refractivity contribution >= 4 is 5.91 Å². The first kappa shape index (κ1) is 12.8. The summed E-state index contributed by atoms with van der Waals surface area (Å²) < 4.78 is 13.0. The van der Waals surface area contributed by atoms with Gasteiger partial charge in [-0.1, -0.05) is 0 Å². The van der Waals surface area contributed by atoms with E-state index in [0.29, 0.717) is 0 Å². The third kappa shape index (κ3) is 2.98. The summed E-state index contributed by atoms with van der Waals surface area (Å²) in [5, 5.41) is 12.4. The standard InChI is InChI=1S/C13H17FN2O2/c1-16-6-2-3-10(8-16)15-13(18)11-7-9(14)4-5-12(11)17/h4-5,7,10,17H,2-3,6,8H2,1H3,(H,15,18). The predicted octanol–water partition coefficient (Wildman–Crippen LogP) is 1.36. The Hall–Kier alpha value is -1.62. The lowest BCUT2D eigenvalue weighted by Gasteiger charge is -2.30. The molecule has 0 bridgehead atoms. The number of phenolic OH excluding ortho intramolecular Hbond substituents is 1. The molecule has 0 spiro atoms. The van der Waals surface area contributed by atoms with Crippen molar-refractivity contribution in [3.63, 3.8) is 0 Å². The minimum Gasteiger partial charge on any atom is -0.507 e. The molecule has 18 heavy (non-hydrogen) atoms. The molecule has 2 N–H and O–H groups in total. The van der Waals surface area contributed by atoms with Crippen LogP contribution in [0.3, 0.4) is 0 Å². The summed E-state index contributed by atoms with van der Waals surface area (Å²) in [5.41, 5.74) is -0.0109. The molecule has 1 fully saturated rings. The zero-order chi connectivity index (χ0) is 13.1. The summed E-state index contributed by atoms with van der Waals surface area (Å²) >= 11 is 0. The Morgan fingerprint density at radius 1 is 1.56 bits per heavy atom. The molecular formula is C13H17FN2O2. The first-order chi connectivity index (χ1) is 8.56. The molecule has 1 unspecified atom stereocenters. The average molecular weight is 252 g/mol. The molecule has 1 aromatic rings. The van der Waals surface area contributed by atoms with Gasteiger partial charge in [0, 0.05) is 12.6 Å².